The van der Waals surface area contributed by atoms with Crippen molar-refractivity contribution in [2.75, 3.05) is 0 Å². The summed E-state index contributed by atoms with van der Waals surface area (Å²) in [6, 6.07) is 0. The van der Waals surface area contributed by atoms with Crippen molar-refractivity contribution in [2.24, 2.45) is 28.6 Å². The molecule has 0 bridgehead atoms. The highest BCUT2D eigenvalue weighted by Gasteiger charge is 2.67. The molecule has 4 rings (SSSR count). The predicted octanol–water partition coefficient (Wildman–Crippen LogP) is 2.81. The van der Waals surface area contributed by atoms with Gasteiger partial charge in [0, 0.05) is 11.8 Å². The van der Waals surface area contributed by atoms with Crippen LogP contribution in [0.1, 0.15) is 65.2 Å². The summed E-state index contributed by atoms with van der Waals surface area (Å²) < 4.78 is 15.1. The molecule has 0 aromatic heterocycles. The van der Waals surface area contributed by atoms with Crippen molar-refractivity contribution in [1.82, 2.24) is 0 Å². The van der Waals surface area contributed by atoms with Crippen LogP contribution in [-0.2, 0) is 0 Å². The van der Waals surface area contributed by atoms with Gasteiger partial charge in [0.05, 0.1) is 12.2 Å². The molecule has 4 fully saturated rings. The maximum absolute atomic E-state index is 15.1. The minimum absolute atomic E-state index is 0.0686. The second-order valence-corrected chi connectivity index (χ2v) is 9.46. The van der Waals surface area contributed by atoms with Crippen molar-refractivity contribution in [2.45, 2.75) is 89.2 Å². The second kappa shape index (κ2) is 4.92. The van der Waals surface area contributed by atoms with Crippen LogP contribution in [0.25, 0.3) is 0 Å². The number of rotatable bonds is 0. The van der Waals surface area contributed by atoms with Gasteiger partial charge in [0.25, 0.3) is 0 Å². The van der Waals surface area contributed by atoms with Crippen LogP contribution in [0.5, 0.6) is 0 Å². The van der Waals surface area contributed by atoms with Crippen LogP contribution in [0, 0.1) is 28.6 Å². The summed E-state index contributed by atoms with van der Waals surface area (Å²) in [6.07, 6.45) is 3.62. The number of alkyl halides is 1. The highest BCUT2D eigenvalue weighted by molar-refractivity contribution is 5.17. The number of aliphatic hydroxyl groups is 3. The lowest BCUT2D eigenvalue weighted by Gasteiger charge is -2.64. The quantitative estimate of drug-likeness (QED) is 0.641. The van der Waals surface area contributed by atoms with Gasteiger partial charge in [-0.3, -0.25) is 0 Å². The average Bonchev–Trinajstić information content (AvgIpc) is 2.79. The molecule has 3 N–H and O–H groups in total. The summed E-state index contributed by atoms with van der Waals surface area (Å²) in [4.78, 5) is 0. The van der Waals surface area contributed by atoms with Crippen LogP contribution in [0.3, 0.4) is 0 Å². The van der Waals surface area contributed by atoms with Crippen LogP contribution in [0.2, 0.25) is 0 Å². The molecule has 0 spiro atoms. The van der Waals surface area contributed by atoms with Crippen LogP contribution in [0.4, 0.5) is 4.39 Å². The Morgan fingerprint density at radius 2 is 1.70 bits per heavy atom. The van der Waals surface area contributed by atoms with Crippen molar-refractivity contribution in [1.29, 1.82) is 0 Å². The molecule has 0 saturated heterocycles. The summed E-state index contributed by atoms with van der Waals surface area (Å²) in [5.74, 6) is 0.958. The Labute approximate surface area is 138 Å². The van der Waals surface area contributed by atoms with Crippen LogP contribution < -0.4 is 0 Å². The van der Waals surface area contributed by atoms with Gasteiger partial charge in [-0.1, -0.05) is 13.8 Å². The highest BCUT2D eigenvalue weighted by atomic mass is 19.1. The van der Waals surface area contributed by atoms with Crippen molar-refractivity contribution in [3.8, 4) is 0 Å². The fraction of sp³-hybridized carbons (Fsp3) is 1.00. The molecule has 23 heavy (non-hydrogen) atoms. The lowest BCUT2D eigenvalue weighted by molar-refractivity contribution is -0.250. The minimum Gasteiger partial charge on any atom is -0.393 e. The lowest BCUT2D eigenvalue weighted by atomic mass is 9.43. The standard InChI is InChI=1S/C19H31FO3/c1-17-7-6-14-12(13(17)3-4-16(17)22)9-15(20)19(23)10-11(21)5-8-18(14,19)2/h11-16,21-23H,3-10H2,1-2H3/t11-,12-,13+,14-,15+,16+,17+,18-,19+/m1/s1. The summed E-state index contributed by atoms with van der Waals surface area (Å²) in [6.45, 7) is 4.25. The van der Waals surface area contributed by atoms with E-state index >= 15 is 4.39 Å². The Kier molecular flexibility index (Phi) is 3.48. The first-order chi connectivity index (χ1) is 10.7. The van der Waals surface area contributed by atoms with E-state index in [1.165, 1.54) is 0 Å². The number of halogens is 1. The van der Waals surface area contributed by atoms with Crippen LogP contribution >= 0.6 is 0 Å². The van der Waals surface area contributed by atoms with E-state index in [1.807, 2.05) is 0 Å². The predicted molar refractivity (Wildman–Crippen MR) is 85.5 cm³/mol. The number of hydrogen-bond acceptors (Lipinski definition) is 3. The first kappa shape index (κ1) is 16.3. The van der Waals surface area contributed by atoms with E-state index in [2.05, 4.69) is 13.8 Å². The third-order valence-corrected chi connectivity index (χ3v) is 8.74. The summed E-state index contributed by atoms with van der Waals surface area (Å²) in [7, 11) is 0. The first-order valence-corrected chi connectivity index (χ1v) is 9.45. The van der Waals surface area contributed by atoms with E-state index in [4.69, 9.17) is 0 Å². The van der Waals surface area contributed by atoms with Gasteiger partial charge >= 0.3 is 0 Å². The van der Waals surface area contributed by atoms with E-state index < -0.39 is 23.3 Å². The number of aliphatic hydroxyl groups excluding tert-OH is 2. The van der Waals surface area contributed by atoms with E-state index in [-0.39, 0.29) is 23.9 Å². The SMILES string of the molecule is C[C@]12CC[C@@H]3[C@H](C[C@H](F)[C@@]4(O)C[C@H](O)CC[C@]34C)[C@@H]1CC[C@@H]2O. The van der Waals surface area contributed by atoms with E-state index in [0.717, 1.165) is 25.7 Å². The monoisotopic (exact) mass is 326 g/mol. The maximum atomic E-state index is 15.1. The number of hydrogen-bond donors (Lipinski definition) is 3. The molecule has 0 amide bonds. The molecule has 4 heteroatoms. The molecule has 0 radical (unpaired) electrons. The second-order valence-electron chi connectivity index (χ2n) is 9.46. The molecule has 0 aromatic rings. The lowest BCUT2D eigenvalue weighted by Crippen LogP contribution is -2.67. The third kappa shape index (κ3) is 1.92. The molecule has 4 aliphatic rings. The molecular formula is C19H31FO3. The van der Waals surface area contributed by atoms with E-state index in [0.29, 0.717) is 31.1 Å². The van der Waals surface area contributed by atoms with Gasteiger partial charge in [-0.2, -0.15) is 0 Å². The molecular weight excluding hydrogens is 295 g/mol. The molecule has 4 saturated carbocycles. The Morgan fingerprint density at radius 1 is 0.957 bits per heavy atom. The molecule has 9 atom stereocenters. The van der Waals surface area contributed by atoms with Gasteiger partial charge in [0.2, 0.25) is 0 Å². The van der Waals surface area contributed by atoms with Crippen LogP contribution in [-0.4, -0.2) is 39.3 Å². The average molecular weight is 326 g/mol. The van der Waals surface area contributed by atoms with Crippen molar-refractivity contribution in [3.63, 3.8) is 0 Å². The third-order valence-electron chi connectivity index (χ3n) is 8.74. The van der Waals surface area contributed by atoms with Gasteiger partial charge in [0.15, 0.2) is 0 Å². The Hall–Kier alpha value is -0.190. The zero-order chi connectivity index (χ0) is 16.6. The van der Waals surface area contributed by atoms with Crippen molar-refractivity contribution < 1.29 is 19.7 Å². The smallest absolute Gasteiger partial charge is 0.130 e. The summed E-state index contributed by atoms with van der Waals surface area (Å²) in [5.41, 5.74) is -1.89. The van der Waals surface area contributed by atoms with E-state index in [1.54, 1.807) is 0 Å². The molecule has 4 aliphatic carbocycles. The van der Waals surface area contributed by atoms with E-state index in [9.17, 15) is 15.3 Å². The Morgan fingerprint density at radius 3 is 2.43 bits per heavy atom. The molecule has 0 unspecified atom stereocenters. The molecule has 132 valence electrons. The fourth-order valence-electron chi connectivity index (χ4n) is 7.18. The normalized spacial score (nSPS) is 62.3. The molecule has 0 aliphatic heterocycles. The Bertz CT molecular complexity index is 499. The Balaban J connectivity index is 1.71. The summed E-state index contributed by atoms with van der Waals surface area (Å²) >= 11 is 0. The highest BCUT2D eigenvalue weighted by Crippen LogP contribution is 2.67. The summed E-state index contributed by atoms with van der Waals surface area (Å²) in [5, 5.41) is 31.7. The first-order valence-electron chi connectivity index (χ1n) is 9.45. The molecule has 0 heterocycles. The molecule has 3 nitrogen and oxygen atoms in total. The van der Waals surface area contributed by atoms with Crippen molar-refractivity contribution in [3.05, 3.63) is 0 Å². The van der Waals surface area contributed by atoms with Gasteiger partial charge in [0.1, 0.15) is 11.8 Å². The van der Waals surface area contributed by atoms with Gasteiger partial charge < -0.3 is 15.3 Å². The largest absolute Gasteiger partial charge is 0.393 e. The number of fused-ring (bicyclic) bond motifs is 5. The van der Waals surface area contributed by atoms with Gasteiger partial charge in [-0.05, 0) is 68.1 Å². The maximum Gasteiger partial charge on any atom is 0.130 e. The van der Waals surface area contributed by atoms with Crippen LogP contribution in [0.15, 0.2) is 0 Å². The fourth-order valence-corrected chi connectivity index (χ4v) is 7.18. The van der Waals surface area contributed by atoms with Gasteiger partial charge in [-0.25, -0.2) is 4.39 Å². The topological polar surface area (TPSA) is 60.7 Å². The zero-order valence-electron chi connectivity index (χ0n) is 14.3. The van der Waals surface area contributed by atoms with Gasteiger partial charge in [-0.15, -0.1) is 0 Å². The molecule has 0 aromatic carbocycles. The zero-order valence-corrected chi connectivity index (χ0v) is 14.3. The van der Waals surface area contributed by atoms with Crippen molar-refractivity contribution >= 4 is 0 Å². The minimum atomic E-state index is -1.38.